The Bertz CT molecular complexity index is 2000. The van der Waals surface area contributed by atoms with E-state index < -0.39 is 17.6 Å². The average molecular weight is 705 g/mol. The number of ether oxygens (including phenoxy) is 2. The van der Waals surface area contributed by atoms with Crippen LogP contribution in [0.1, 0.15) is 65.9 Å². The molecule has 2 atom stereocenters. The van der Waals surface area contributed by atoms with Crippen LogP contribution in [0.4, 0.5) is 5.69 Å². The van der Waals surface area contributed by atoms with E-state index in [1.165, 1.54) is 41.8 Å². The summed E-state index contributed by atoms with van der Waals surface area (Å²) in [7, 11) is 0. The number of esters is 1. The Hall–Kier alpha value is -5.52. The van der Waals surface area contributed by atoms with E-state index in [9.17, 15) is 19.8 Å². The molecule has 262 valence electrons. The lowest BCUT2D eigenvalue weighted by molar-refractivity contribution is -0.121. The Morgan fingerprint density at radius 1 is 0.941 bits per heavy atom. The molecule has 10 nitrogen and oxygen atoms in total. The first-order valence-electron chi connectivity index (χ1n) is 16.5. The maximum atomic E-state index is 13.3. The van der Waals surface area contributed by atoms with Crippen molar-refractivity contribution in [3.8, 4) is 23.0 Å². The molecule has 0 radical (unpaired) electrons. The minimum Gasteiger partial charge on any atom is -0.508 e. The molecule has 0 fully saturated rings. The standard InChI is InChI=1S/C40H40N4O6S/c1-24(19-25-8-10-26(11-9-25)39(2,3)4)44-37(47)34(41)7-5-6-18-43-51-23-42-27-12-15-31-30(20-27)38(48)50-40(31)32-16-13-28(45)21-35(32)49-36-22-29(46)14-17-33(36)40/h5-18,20-24,34,43,45-46H,19,41H2,1-4H3,(H,44,47)/b7-5+,18-6+,42-23?. The van der Waals surface area contributed by atoms with E-state index in [1.807, 2.05) is 6.92 Å². The van der Waals surface area contributed by atoms with Crippen LogP contribution >= 0.6 is 11.9 Å². The number of benzene rings is 4. The number of nitrogens with one attached hydrogen (secondary N) is 2. The first-order chi connectivity index (χ1) is 24.3. The molecule has 0 aliphatic carbocycles. The minimum atomic E-state index is -1.33. The number of nitrogens with zero attached hydrogens (tertiary/aromatic N) is 1. The predicted octanol–water partition coefficient (Wildman–Crippen LogP) is 7.01. The lowest BCUT2D eigenvalue weighted by Gasteiger charge is -2.36. The number of fused-ring (bicyclic) bond motifs is 6. The van der Waals surface area contributed by atoms with Crippen molar-refractivity contribution in [3.05, 3.63) is 137 Å². The third-order valence-electron chi connectivity index (χ3n) is 8.73. The maximum absolute atomic E-state index is 13.3. The molecular formula is C40H40N4O6S. The number of carbonyl (C=O) groups is 2. The summed E-state index contributed by atoms with van der Waals surface area (Å²) < 4.78 is 15.1. The smallest absolute Gasteiger partial charge is 0.340 e. The van der Waals surface area contributed by atoms with Gasteiger partial charge in [0.25, 0.3) is 0 Å². The van der Waals surface area contributed by atoms with E-state index in [-0.39, 0.29) is 28.9 Å². The molecule has 0 saturated heterocycles. The van der Waals surface area contributed by atoms with Crippen LogP contribution < -0.4 is 20.5 Å². The molecule has 6 N–H and O–H groups in total. The minimum absolute atomic E-state index is 0.00993. The molecule has 0 aromatic heterocycles. The van der Waals surface area contributed by atoms with Crippen molar-refractivity contribution in [1.82, 2.24) is 10.0 Å². The highest BCUT2D eigenvalue weighted by Crippen LogP contribution is 2.57. The van der Waals surface area contributed by atoms with Crippen LogP contribution in [0.5, 0.6) is 23.0 Å². The summed E-state index contributed by atoms with van der Waals surface area (Å²) in [4.78, 5) is 30.3. The van der Waals surface area contributed by atoms with Crippen LogP contribution in [-0.4, -0.2) is 39.7 Å². The zero-order chi connectivity index (χ0) is 36.3. The van der Waals surface area contributed by atoms with Crippen LogP contribution in [0, 0.1) is 0 Å². The van der Waals surface area contributed by atoms with Gasteiger partial charge in [-0.25, -0.2) is 9.79 Å². The van der Waals surface area contributed by atoms with Gasteiger partial charge in [0.05, 0.1) is 16.8 Å². The third kappa shape index (κ3) is 7.50. The van der Waals surface area contributed by atoms with Gasteiger partial charge in [-0.3, -0.25) is 4.79 Å². The summed E-state index contributed by atoms with van der Waals surface area (Å²) in [5.74, 6) is -0.173. The normalized spacial score (nSPS) is 15.7. The van der Waals surface area contributed by atoms with Crippen LogP contribution in [0.25, 0.3) is 0 Å². The lowest BCUT2D eigenvalue weighted by Crippen LogP contribution is -2.44. The largest absolute Gasteiger partial charge is 0.508 e. The molecule has 1 amide bonds. The summed E-state index contributed by atoms with van der Waals surface area (Å²) in [5.41, 5.74) is 11.4. The summed E-state index contributed by atoms with van der Waals surface area (Å²) in [5, 5.41) is 23.2. The lowest BCUT2D eigenvalue weighted by atomic mass is 9.77. The Labute approximate surface area is 301 Å². The number of amides is 1. The van der Waals surface area contributed by atoms with Crippen LogP contribution in [0.3, 0.4) is 0 Å². The summed E-state index contributed by atoms with van der Waals surface area (Å²) in [6.07, 6.45) is 7.43. The topological polar surface area (TPSA) is 156 Å². The van der Waals surface area contributed by atoms with Gasteiger partial charge >= 0.3 is 5.97 Å². The van der Waals surface area contributed by atoms with Gasteiger partial charge in [-0.15, -0.1) is 0 Å². The molecular weight excluding hydrogens is 665 g/mol. The number of allylic oxidation sites excluding steroid dienone is 2. The predicted molar refractivity (Wildman–Crippen MR) is 200 cm³/mol. The van der Waals surface area contributed by atoms with Gasteiger partial charge in [0.1, 0.15) is 29.0 Å². The number of phenolic OH excluding ortho intramolecular Hbond substituents is 2. The van der Waals surface area contributed by atoms with Crippen molar-refractivity contribution >= 4 is 35.1 Å². The van der Waals surface area contributed by atoms with Gasteiger partial charge in [-0.1, -0.05) is 63.3 Å². The summed E-state index contributed by atoms with van der Waals surface area (Å²) in [6.45, 7) is 8.51. The molecule has 1 spiro atoms. The fourth-order valence-electron chi connectivity index (χ4n) is 6.18. The number of nitrogens with two attached hydrogens (primary N) is 1. The number of carbonyl (C=O) groups excluding carboxylic acids is 2. The molecule has 11 heteroatoms. The van der Waals surface area contributed by atoms with Crippen molar-refractivity contribution in [1.29, 1.82) is 0 Å². The fraction of sp³-hybridized carbons (Fsp3) is 0.225. The van der Waals surface area contributed by atoms with E-state index in [4.69, 9.17) is 15.2 Å². The average Bonchev–Trinajstić information content (AvgIpc) is 3.36. The number of phenols is 2. The van der Waals surface area contributed by atoms with Gasteiger partial charge in [0.2, 0.25) is 5.91 Å². The van der Waals surface area contributed by atoms with Gasteiger partial charge in [-0.2, -0.15) is 0 Å². The second-order valence-electron chi connectivity index (χ2n) is 13.6. The molecule has 0 saturated carbocycles. The number of rotatable bonds is 10. The molecule has 4 aromatic rings. The molecule has 2 heterocycles. The second-order valence-corrected chi connectivity index (χ2v) is 14.2. The Morgan fingerprint density at radius 3 is 2.24 bits per heavy atom. The SMILES string of the molecule is CC(Cc1ccc(C(C)(C)C)cc1)NC(=O)C(N)/C=C/C=C/NSC=Nc1ccc2c(c1)C(=O)OC21c2ccc(O)cc2Oc2cc(O)ccc21. The van der Waals surface area contributed by atoms with Crippen molar-refractivity contribution in [2.24, 2.45) is 10.7 Å². The van der Waals surface area contributed by atoms with E-state index in [2.05, 4.69) is 60.1 Å². The highest BCUT2D eigenvalue weighted by Gasteiger charge is 2.53. The highest BCUT2D eigenvalue weighted by molar-refractivity contribution is 8.10. The Kier molecular flexibility index (Phi) is 9.95. The van der Waals surface area contributed by atoms with Crippen LogP contribution in [0.15, 0.2) is 108 Å². The Morgan fingerprint density at radius 2 is 1.59 bits per heavy atom. The molecule has 2 aliphatic heterocycles. The first kappa shape index (κ1) is 35.3. The van der Waals surface area contributed by atoms with Gasteiger partial charge < -0.3 is 35.5 Å². The van der Waals surface area contributed by atoms with Crippen LogP contribution in [0.2, 0.25) is 0 Å². The summed E-state index contributed by atoms with van der Waals surface area (Å²) in [6, 6.07) is 22.1. The van der Waals surface area contributed by atoms with Crippen molar-refractivity contribution in [2.75, 3.05) is 0 Å². The molecule has 4 aromatic carbocycles. The van der Waals surface area contributed by atoms with E-state index in [0.29, 0.717) is 45.9 Å². The van der Waals surface area contributed by atoms with Gasteiger partial charge in [-0.05, 0) is 84.3 Å². The first-order valence-corrected chi connectivity index (χ1v) is 17.4. The number of aromatic hydroxyl groups is 2. The molecule has 2 unspecified atom stereocenters. The van der Waals surface area contributed by atoms with Crippen molar-refractivity contribution < 1.29 is 29.3 Å². The van der Waals surface area contributed by atoms with E-state index >= 15 is 0 Å². The summed E-state index contributed by atoms with van der Waals surface area (Å²) >= 11 is 1.21. The van der Waals surface area contributed by atoms with Crippen molar-refractivity contribution in [2.45, 2.75) is 57.2 Å². The second kappa shape index (κ2) is 14.4. The molecule has 2 aliphatic rings. The zero-order valence-electron chi connectivity index (χ0n) is 28.7. The van der Waals surface area contributed by atoms with Gasteiger partial charge in [0.15, 0.2) is 5.60 Å². The fourth-order valence-corrected chi connectivity index (χ4v) is 6.57. The molecule has 0 bridgehead atoms. The molecule has 6 rings (SSSR count). The maximum Gasteiger partial charge on any atom is 0.340 e. The third-order valence-corrected chi connectivity index (χ3v) is 9.21. The quantitative estimate of drug-likeness (QED) is 0.0293. The number of hydrogen-bond donors (Lipinski definition) is 5. The molecule has 51 heavy (non-hydrogen) atoms. The van der Waals surface area contributed by atoms with Crippen LogP contribution in [-0.2, 0) is 27.0 Å². The zero-order valence-corrected chi connectivity index (χ0v) is 29.5. The number of aliphatic imine (C=N–C) groups is 1. The van der Waals surface area contributed by atoms with Gasteiger partial charge in [0, 0.05) is 41.1 Å². The van der Waals surface area contributed by atoms with E-state index in [0.717, 1.165) is 5.56 Å². The van der Waals surface area contributed by atoms with E-state index in [1.54, 1.807) is 60.3 Å². The van der Waals surface area contributed by atoms with Crippen molar-refractivity contribution in [3.63, 3.8) is 0 Å². The number of hydrogen-bond acceptors (Lipinski definition) is 10. The monoisotopic (exact) mass is 704 g/mol. The highest BCUT2D eigenvalue weighted by atomic mass is 32.2. The Balaban J connectivity index is 1.02.